The third-order valence-electron chi connectivity index (χ3n) is 4.78. The van der Waals surface area contributed by atoms with Crippen LogP contribution in [0.5, 0.6) is 0 Å². The molecule has 2 fully saturated rings. The molecule has 0 aromatic heterocycles. The molecule has 0 spiro atoms. The average molecular weight is 296 g/mol. The third kappa shape index (κ3) is 4.07. The van der Waals surface area contributed by atoms with E-state index in [1.807, 2.05) is 6.92 Å². The number of ether oxygens (including phenoxy) is 2. The SMILES string of the molecule is C=C(C)C(=O)OC1(C)CC2CC(CC(C)(OCCO)C2)C1. The monoisotopic (exact) mass is 296 g/mol. The maximum absolute atomic E-state index is 11.8. The summed E-state index contributed by atoms with van der Waals surface area (Å²) in [6.45, 7) is 10.0. The fraction of sp³-hybridized carbons (Fsp3) is 0.824. The first kappa shape index (κ1) is 16.5. The van der Waals surface area contributed by atoms with E-state index in [2.05, 4.69) is 13.5 Å². The van der Waals surface area contributed by atoms with E-state index in [-0.39, 0.29) is 23.8 Å². The van der Waals surface area contributed by atoms with Crippen LogP contribution in [0.1, 0.15) is 52.9 Å². The zero-order valence-corrected chi connectivity index (χ0v) is 13.5. The topological polar surface area (TPSA) is 55.8 Å². The summed E-state index contributed by atoms with van der Waals surface area (Å²) in [7, 11) is 0. The van der Waals surface area contributed by atoms with Crippen LogP contribution in [0.3, 0.4) is 0 Å². The van der Waals surface area contributed by atoms with E-state index in [0.717, 1.165) is 25.7 Å². The normalized spacial score (nSPS) is 38.9. The van der Waals surface area contributed by atoms with Gasteiger partial charge in [0.25, 0.3) is 0 Å². The molecule has 1 N–H and O–H groups in total. The number of hydrogen-bond acceptors (Lipinski definition) is 4. The molecule has 120 valence electrons. The van der Waals surface area contributed by atoms with Crippen LogP contribution in [0.4, 0.5) is 0 Å². The van der Waals surface area contributed by atoms with Crippen molar-refractivity contribution in [1.82, 2.24) is 0 Å². The molecule has 0 amide bonds. The Kier molecular flexibility index (Phi) is 4.79. The lowest BCUT2D eigenvalue weighted by Crippen LogP contribution is -2.49. The maximum Gasteiger partial charge on any atom is 0.333 e. The lowest BCUT2D eigenvalue weighted by atomic mass is 9.62. The van der Waals surface area contributed by atoms with Crippen LogP contribution in [-0.2, 0) is 14.3 Å². The van der Waals surface area contributed by atoms with Crippen molar-refractivity contribution in [3.8, 4) is 0 Å². The van der Waals surface area contributed by atoms with Crippen molar-refractivity contribution in [2.24, 2.45) is 11.8 Å². The molecular weight excluding hydrogens is 268 g/mol. The van der Waals surface area contributed by atoms with Gasteiger partial charge in [0.15, 0.2) is 0 Å². The van der Waals surface area contributed by atoms with Crippen molar-refractivity contribution in [2.45, 2.75) is 64.1 Å². The lowest BCUT2D eigenvalue weighted by molar-refractivity contribution is -0.170. The number of hydrogen-bond donors (Lipinski definition) is 1. The predicted octanol–water partition coefficient (Wildman–Crippen LogP) is 2.84. The molecule has 2 bridgehead atoms. The summed E-state index contributed by atoms with van der Waals surface area (Å²) in [5.74, 6) is 0.755. The average Bonchev–Trinajstić information content (AvgIpc) is 2.33. The Morgan fingerprint density at radius 1 is 1.19 bits per heavy atom. The van der Waals surface area contributed by atoms with Gasteiger partial charge in [-0.15, -0.1) is 0 Å². The zero-order valence-electron chi connectivity index (χ0n) is 13.5. The van der Waals surface area contributed by atoms with E-state index >= 15 is 0 Å². The van der Waals surface area contributed by atoms with Gasteiger partial charge in [-0.05, 0) is 64.7 Å². The highest BCUT2D eigenvalue weighted by molar-refractivity contribution is 5.87. The van der Waals surface area contributed by atoms with Crippen LogP contribution in [-0.4, -0.2) is 35.5 Å². The number of carbonyl (C=O) groups is 1. The molecule has 21 heavy (non-hydrogen) atoms. The van der Waals surface area contributed by atoms with Crippen molar-refractivity contribution in [3.05, 3.63) is 12.2 Å². The van der Waals surface area contributed by atoms with Gasteiger partial charge in [-0.25, -0.2) is 4.79 Å². The summed E-state index contributed by atoms with van der Waals surface area (Å²) in [6.07, 6.45) is 4.92. The van der Waals surface area contributed by atoms with E-state index in [1.54, 1.807) is 6.92 Å². The molecule has 2 saturated carbocycles. The minimum atomic E-state index is -0.373. The first-order chi connectivity index (χ1) is 9.75. The Morgan fingerprint density at radius 2 is 1.71 bits per heavy atom. The highest BCUT2D eigenvalue weighted by Crippen LogP contribution is 2.50. The number of aliphatic hydroxyl groups is 1. The Hall–Kier alpha value is -0.870. The highest BCUT2D eigenvalue weighted by Gasteiger charge is 2.48. The molecule has 0 aromatic carbocycles. The summed E-state index contributed by atoms with van der Waals surface area (Å²) in [4.78, 5) is 11.8. The summed E-state index contributed by atoms with van der Waals surface area (Å²) in [5, 5.41) is 8.96. The second-order valence-corrected chi connectivity index (χ2v) is 7.43. The second kappa shape index (κ2) is 6.09. The van der Waals surface area contributed by atoms with Gasteiger partial charge in [0.05, 0.1) is 18.8 Å². The van der Waals surface area contributed by atoms with Gasteiger partial charge in [-0.1, -0.05) is 6.58 Å². The Labute approximate surface area is 127 Å². The van der Waals surface area contributed by atoms with Crippen molar-refractivity contribution >= 4 is 5.97 Å². The quantitative estimate of drug-likeness (QED) is 0.626. The zero-order chi connectivity index (χ0) is 15.7. The fourth-order valence-corrected chi connectivity index (χ4v) is 4.36. The Balaban J connectivity index is 2.01. The van der Waals surface area contributed by atoms with Gasteiger partial charge in [0.2, 0.25) is 0 Å². The van der Waals surface area contributed by atoms with Crippen LogP contribution in [0.2, 0.25) is 0 Å². The molecule has 2 aliphatic carbocycles. The molecule has 2 aliphatic rings. The van der Waals surface area contributed by atoms with Crippen molar-refractivity contribution in [2.75, 3.05) is 13.2 Å². The Bertz CT molecular complexity index is 401. The van der Waals surface area contributed by atoms with Crippen molar-refractivity contribution in [3.63, 3.8) is 0 Å². The number of esters is 1. The van der Waals surface area contributed by atoms with E-state index in [1.165, 1.54) is 6.42 Å². The second-order valence-electron chi connectivity index (χ2n) is 7.43. The molecule has 0 radical (unpaired) electrons. The van der Waals surface area contributed by atoms with Crippen LogP contribution in [0, 0.1) is 11.8 Å². The minimum absolute atomic E-state index is 0.0683. The standard InChI is InChI=1S/C17H28O4/c1-12(2)15(19)21-17(4)10-13-7-14(11-17)9-16(3,8-13)20-6-5-18/h13-14,18H,1,5-11H2,2-4H3. The number of carbonyl (C=O) groups excluding carboxylic acids is 1. The van der Waals surface area contributed by atoms with E-state index in [9.17, 15) is 4.79 Å². The number of rotatable bonds is 5. The van der Waals surface area contributed by atoms with Crippen LogP contribution < -0.4 is 0 Å². The molecule has 0 aromatic rings. The summed E-state index contributed by atoms with van der Waals surface area (Å²) >= 11 is 0. The van der Waals surface area contributed by atoms with Crippen LogP contribution in [0.25, 0.3) is 0 Å². The molecule has 2 rings (SSSR count). The molecule has 2 atom stereocenters. The van der Waals surface area contributed by atoms with Crippen molar-refractivity contribution in [1.29, 1.82) is 0 Å². The molecule has 4 nitrogen and oxygen atoms in total. The van der Waals surface area contributed by atoms with Gasteiger partial charge in [0.1, 0.15) is 5.60 Å². The highest BCUT2D eigenvalue weighted by atomic mass is 16.6. The fourth-order valence-electron chi connectivity index (χ4n) is 4.36. The van der Waals surface area contributed by atoms with Crippen LogP contribution in [0.15, 0.2) is 12.2 Å². The largest absolute Gasteiger partial charge is 0.456 e. The first-order valence-corrected chi connectivity index (χ1v) is 7.89. The minimum Gasteiger partial charge on any atom is -0.456 e. The predicted molar refractivity (Wildman–Crippen MR) is 80.8 cm³/mol. The van der Waals surface area contributed by atoms with Crippen molar-refractivity contribution < 1.29 is 19.4 Å². The number of fused-ring (bicyclic) bond motifs is 2. The van der Waals surface area contributed by atoms with Crippen LogP contribution >= 0.6 is 0 Å². The van der Waals surface area contributed by atoms with E-state index < -0.39 is 0 Å². The van der Waals surface area contributed by atoms with E-state index in [0.29, 0.717) is 24.0 Å². The van der Waals surface area contributed by atoms with Gasteiger partial charge >= 0.3 is 5.97 Å². The van der Waals surface area contributed by atoms with Gasteiger partial charge < -0.3 is 14.6 Å². The smallest absolute Gasteiger partial charge is 0.333 e. The van der Waals surface area contributed by atoms with Gasteiger partial charge in [0, 0.05) is 5.57 Å². The van der Waals surface area contributed by atoms with Gasteiger partial charge in [-0.2, -0.15) is 0 Å². The molecule has 0 aliphatic heterocycles. The molecule has 0 saturated heterocycles. The summed E-state index contributed by atoms with van der Waals surface area (Å²) in [5.41, 5.74) is -0.0548. The lowest BCUT2D eigenvalue weighted by Gasteiger charge is -2.50. The maximum atomic E-state index is 11.8. The molecule has 2 unspecified atom stereocenters. The number of aliphatic hydroxyl groups excluding tert-OH is 1. The molecule has 0 heterocycles. The Morgan fingerprint density at radius 3 is 2.19 bits per heavy atom. The summed E-state index contributed by atoms with van der Waals surface area (Å²) in [6, 6.07) is 0. The van der Waals surface area contributed by atoms with E-state index in [4.69, 9.17) is 14.6 Å². The molecule has 4 heteroatoms. The molecular formula is C17H28O4. The summed E-state index contributed by atoms with van der Waals surface area (Å²) < 4.78 is 11.6. The third-order valence-corrected chi connectivity index (χ3v) is 4.78. The van der Waals surface area contributed by atoms with Gasteiger partial charge in [-0.3, -0.25) is 0 Å². The first-order valence-electron chi connectivity index (χ1n) is 7.89.